The average molecular weight is 285 g/mol. The monoisotopic (exact) mass is 285 g/mol. The van der Waals surface area contributed by atoms with Crippen molar-refractivity contribution in [1.82, 2.24) is 5.32 Å². The van der Waals surface area contributed by atoms with Crippen molar-refractivity contribution in [2.45, 2.75) is 10.9 Å². The Bertz CT molecular complexity index is 534. The van der Waals surface area contributed by atoms with Crippen molar-refractivity contribution in [2.24, 2.45) is 0 Å². The lowest BCUT2D eigenvalue weighted by atomic mass is 10.3. The van der Waals surface area contributed by atoms with Crippen molar-refractivity contribution in [3.05, 3.63) is 41.8 Å². The van der Waals surface area contributed by atoms with Crippen molar-refractivity contribution in [3.8, 4) is 0 Å². The van der Waals surface area contributed by atoms with Gasteiger partial charge in [-0.2, -0.15) is 0 Å². The fraction of sp³-hybridized carbons (Fsp3) is 0.250. The summed E-state index contributed by atoms with van der Waals surface area (Å²) in [6.07, 6.45) is 0.848. The summed E-state index contributed by atoms with van der Waals surface area (Å²) < 4.78 is 23.6. The van der Waals surface area contributed by atoms with E-state index in [9.17, 15) is 13.2 Å². The fourth-order valence-electron chi connectivity index (χ4n) is 1.24. The maximum atomic E-state index is 11.8. The van der Waals surface area contributed by atoms with E-state index in [-0.39, 0.29) is 4.90 Å². The van der Waals surface area contributed by atoms with Crippen LogP contribution in [0.25, 0.3) is 0 Å². The molecule has 0 fully saturated rings. The van der Waals surface area contributed by atoms with Crippen LogP contribution in [-0.4, -0.2) is 43.8 Å². The molecule has 0 bridgehead atoms. The highest BCUT2D eigenvalue weighted by Gasteiger charge is 2.11. The van der Waals surface area contributed by atoms with Crippen LogP contribution in [0.1, 0.15) is 0 Å². The number of hydrogen-bond acceptors (Lipinski definition) is 5. The lowest BCUT2D eigenvalue weighted by Gasteiger charge is -2.10. The van der Waals surface area contributed by atoms with Gasteiger partial charge in [0.25, 0.3) is 0 Å². The normalized spacial score (nSPS) is 11.9. The minimum Gasteiger partial charge on any atom is -0.394 e. The van der Waals surface area contributed by atoms with Crippen molar-refractivity contribution >= 4 is 15.7 Å². The SMILES string of the molecule is O=C(C=CS(=O)(=O)c1ccccc1)NC(CO)CO. The smallest absolute Gasteiger partial charge is 0.245 e. The maximum absolute atomic E-state index is 11.8. The highest BCUT2D eigenvalue weighted by atomic mass is 32.2. The predicted molar refractivity (Wildman–Crippen MR) is 68.9 cm³/mol. The van der Waals surface area contributed by atoms with Crippen molar-refractivity contribution in [3.63, 3.8) is 0 Å². The second-order valence-corrected chi connectivity index (χ2v) is 5.57. The molecule has 0 aliphatic heterocycles. The summed E-state index contributed by atoms with van der Waals surface area (Å²) in [6, 6.07) is 6.87. The Balaban J connectivity index is 2.73. The molecule has 0 heterocycles. The van der Waals surface area contributed by atoms with Gasteiger partial charge in [0.2, 0.25) is 5.91 Å². The molecule has 3 N–H and O–H groups in total. The maximum Gasteiger partial charge on any atom is 0.245 e. The van der Waals surface area contributed by atoms with Crippen LogP contribution in [0.4, 0.5) is 0 Å². The van der Waals surface area contributed by atoms with Gasteiger partial charge in [0.05, 0.1) is 24.2 Å². The van der Waals surface area contributed by atoms with Crippen LogP contribution < -0.4 is 5.32 Å². The molecule has 6 nitrogen and oxygen atoms in total. The Morgan fingerprint density at radius 3 is 2.32 bits per heavy atom. The summed E-state index contributed by atoms with van der Waals surface area (Å²) in [5, 5.41) is 20.6. The van der Waals surface area contributed by atoms with Crippen LogP contribution in [0.15, 0.2) is 46.7 Å². The average Bonchev–Trinajstić information content (AvgIpc) is 2.43. The lowest BCUT2D eigenvalue weighted by Crippen LogP contribution is -2.39. The number of sulfone groups is 1. The van der Waals surface area contributed by atoms with Gasteiger partial charge in [0, 0.05) is 11.5 Å². The number of nitrogens with one attached hydrogen (secondary N) is 1. The van der Waals surface area contributed by atoms with Crippen LogP contribution in [-0.2, 0) is 14.6 Å². The first-order valence-corrected chi connectivity index (χ1v) is 7.04. The quantitative estimate of drug-likeness (QED) is 0.608. The van der Waals surface area contributed by atoms with Crippen LogP contribution in [0.5, 0.6) is 0 Å². The van der Waals surface area contributed by atoms with Gasteiger partial charge in [0.1, 0.15) is 0 Å². The third-order valence-electron chi connectivity index (χ3n) is 2.26. The first-order chi connectivity index (χ1) is 8.99. The standard InChI is InChI=1S/C12H15NO5S/c14-8-10(9-15)13-12(16)6-7-19(17,18)11-4-2-1-3-5-11/h1-7,10,14-15H,8-9H2,(H,13,16). The zero-order valence-corrected chi connectivity index (χ0v) is 10.9. The third kappa shape index (κ3) is 4.82. The molecule has 1 aromatic carbocycles. The number of benzene rings is 1. The Hall–Kier alpha value is -1.70. The number of amides is 1. The van der Waals surface area contributed by atoms with Crippen molar-refractivity contribution in [1.29, 1.82) is 0 Å². The van der Waals surface area contributed by atoms with E-state index in [4.69, 9.17) is 10.2 Å². The van der Waals surface area contributed by atoms with Crippen LogP contribution in [0.2, 0.25) is 0 Å². The fourth-order valence-corrected chi connectivity index (χ4v) is 2.23. The van der Waals surface area contributed by atoms with Crippen molar-refractivity contribution in [2.75, 3.05) is 13.2 Å². The largest absolute Gasteiger partial charge is 0.394 e. The summed E-state index contributed by atoms with van der Waals surface area (Å²) >= 11 is 0. The van der Waals surface area contributed by atoms with Crippen LogP contribution in [0.3, 0.4) is 0 Å². The van der Waals surface area contributed by atoms with Gasteiger partial charge in [0.15, 0.2) is 9.84 Å². The van der Waals surface area contributed by atoms with E-state index < -0.39 is 35.0 Å². The Morgan fingerprint density at radius 1 is 1.21 bits per heavy atom. The molecule has 19 heavy (non-hydrogen) atoms. The van der Waals surface area contributed by atoms with E-state index in [0.29, 0.717) is 0 Å². The van der Waals surface area contributed by atoms with Gasteiger partial charge in [-0.1, -0.05) is 18.2 Å². The molecule has 1 rings (SSSR count). The molecule has 1 amide bonds. The number of aliphatic hydroxyl groups is 2. The zero-order valence-electron chi connectivity index (χ0n) is 10.1. The predicted octanol–water partition coefficient (Wildman–Crippen LogP) is -0.557. The first-order valence-electron chi connectivity index (χ1n) is 5.50. The van der Waals surface area contributed by atoms with Gasteiger partial charge >= 0.3 is 0 Å². The molecule has 0 unspecified atom stereocenters. The first kappa shape index (κ1) is 15.4. The van der Waals surface area contributed by atoms with E-state index >= 15 is 0 Å². The Labute approximate surface area is 111 Å². The molecule has 0 aliphatic rings. The van der Waals surface area contributed by atoms with E-state index in [1.165, 1.54) is 12.1 Å². The molecule has 104 valence electrons. The molecule has 0 saturated carbocycles. The third-order valence-corrected chi connectivity index (χ3v) is 3.68. The summed E-state index contributed by atoms with van der Waals surface area (Å²) in [5.74, 6) is -0.701. The molecule has 1 aromatic rings. The molecule has 0 atom stereocenters. The summed E-state index contributed by atoms with van der Waals surface area (Å²) in [6.45, 7) is -0.858. The number of carbonyl (C=O) groups excluding carboxylic acids is 1. The van der Waals surface area contributed by atoms with Gasteiger partial charge in [-0.3, -0.25) is 4.79 Å². The number of hydrogen-bond donors (Lipinski definition) is 3. The molecule has 0 aromatic heterocycles. The zero-order chi connectivity index (χ0) is 14.3. The highest BCUT2D eigenvalue weighted by Crippen LogP contribution is 2.10. The van der Waals surface area contributed by atoms with E-state index in [1.807, 2.05) is 0 Å². The van der Waals surface area contributed by atoms with Crippen LogP contribution in [0, 0.1) is 0 Å². The minimum absolute atomic E-state index is 0.0833. The molecule has 0 aliphatic carbocycles. The molecular formula is C12H15NO5S. The summed E-state index contributed by atoms with van der Waals surface area (Å²) in [7, 11) is -3.67. The highest BCUT2D eigenvalue weighted by molar-refractivity contribution is 7.94. The molecular weight excluding hydrogens is 270 g/mol. The van der Waals surface area contributed by atoms with E-state index in [1.54, 1.807) is 18.2 Å². The Morgan fingerprint density at radius 2 is 1.79 bits per heavy atom. The van der Waals surface area contributed by atoms with Gasteiger partial charge < -0.3 is 15.5 Å². The van der Waals surface area contributed by atoms with Gasteiger partial charge in [-0.15, -0.1) is 0 Å². The molecule has 0 spiro atoms. The second-order valence-electron chi connectivity index (χ2n) is 3.73. The minimum atomic E-state index is -3.67. The lowest BCUT2D eigenvalue weighted by molar-refractivity contribution is -0.117. The van der Waals surface area contributed by atoms with Crippen molar-refractivity contribution < 1.29 is 23.4 Å². The van der Waals surface area contributed by atoms with E-state index in [0.717, 1.165) is 11.5 Å². The number of carbonyl (C=O) groups is 1. The second kappa shape index (κ2) is 7.03. The number of aliphatic hydroxyl groups excluding tert-OH is 2. The summed E-state index contributed by atoms with van der Waals surface area (Å²) in [5.41, 5.74) is 0. The Kier molecular flexibility index (Phi) is 5.68. The van der Waals surface area contributed by atoms with Crippen LogP contribution >= 0.6 is 0 Å². The van der Waals surface area contributed by atoms with Gasteiger partial charge in [-0.05, 0) is 12.1 Å². The topological polar surface area (TPSA) is 104 Å². The summed E-state index contributed by atoms with van der Waals surface area (Å²) in [4.78, 5) is 11.4. The molecule has 0 saturated heterocycles. The number of rotatable bonds is 6. The molecule has 0 radical (unpaired) electrons. The molecule has 7 heteroatoms. The van der Waals surface area contributed by atoms with E-state index in [2.05, 4.69) is 5.32 Å². The van der Waals surface area contributed by atoms with Gasteiger partial charge in [-0.25, -0.2) is 8.42 Å².